The SMILES string of the molecule is COc1ccc(C(C)(C)C)cc1/C(O)=C1\C(=O)C(=O)N(c2ccc(S(N)(=O)=O)cc2)C1c1ccccc1. The summed E-state index contributed by atoms with van der Waals surface area (Å²) in [5.41, 5.74) is 1.70. The molecule has 1 unspecified atom stereocenters. The minimum Gasteiger partial charge on any atom is -0.507 e. The van der Waals surface area contributed by atoms with Gasteiger partial charge < -0.3 is 9.84 Å². The van der Waals surface area contributed by atoms with Gasteiger partial charge in [-0.15, -0.1) is 0 Å². The van der Waals surface area contributed by atoms with E-state index in [1.54, 1.807) is 42.5 Å². The lowest BCUT2D eigenvalue weighted by molar-refractivity contribution is -0.132. The second-order valence-electron chi connectivity index (χ2n) is 9.78. The Balaban J connectivity index is 1.96. The molecule has 3 N–H and O–H groups in total. The maximum absolute atomic E-state index is 13.4. The number of amides is 1. The molecule has 1 heterocycles. The predicted molar refractivity (Wildman–Crippen MR) is 141 cm³/mol. The van der Waals surface area contributed by atoms with E-state index < -0.39 is 27.8 Å². The minimum atomic E-state index is -3.95. The fourth-order valence-electron chi connectivity index (χ4n) is 4.35. The number of aliphatic hydroxyl groups excluding tert-OH is 1. The second-order valence-corrected chi connectivity index (χ2v) is 11.3. The Morgan fingerprint density at radius 2 is 1.59 bits per heavy atom. The van der Waals surface area contributed by atoms with E-state index in [1.807, 2.05) is 26.8 Å². The Bertz CT molecular complexity index is 1500. The maximum Gasteiger partial charge on any atom is 0.300 e. The van der Waals surface area contributed by atoms with Crippen LogP contribution in [0, 0.1) is 0 Å². The van der Waals surface area contributed by atoms with Gasteiger partial charge >= 0.3 is 0 Å². The lowest BCUT2D eigenvalue weighted by atomic mass is 9.85. The van der Waals surface area contributed by atoms with Gasteiger partial charge in [-0.3, -0.25) is 14.5 Å². The fourth-order valence-corrected chi connectivity index (χ4v) is 4.87. The number of hydrogen-bond donors (Lipinski definition) is 2. The highest BCUT2D eigenvalue weighted by Crippen LogP contribution is 2.44. The Kier molecular flexibility index (Phi) is 6.70. The number of nitrogens with zero attached hydrogens (tertiary/aromatic N) is 1. The van der Waals surface area contributed by atoms with E-state index in [4.69, 9.17) is 9.88 Å². The average molecular weight is 521 g/mol. The van der Waals surface area contributed by atoms with Gasteiger partial charge in [-0.2, -0.15) is 0 Å². The number of methoxy groups -OCH3 is 1. The van der Waals surface area contributed by atoms with Gasteiger partial charge in [-0.25, -0.2) is 13.6 Å². The summed E-state index contributed by atoms with van der Waals surface area (Å²) in [6.45, 7) is 6.06. The molecular weight excluding hydrogens is 492 g/mol. The van der Waals surface area contributed by atoms with Crippen LogP contribution < -0.4 is 14.8 Å². The Labute approximate surface area is 216 Å². The van der Waals surface area contributed by atoms with Crippen molar-refractivity contribution < 1.29 is 27.9 Å². The molecule has 8 nitrogen and oxygen atoms in total. The first-order valence-corrected chi connectivity index (χ1v) is 13.1. The normalized spacial score (nSPS) is 17.8. The first kappa shape index (κ1) is 26.1. The predicted octanol–water partition coefficient (Wildman–Crippen LogP) is 4.27. The third-order valence-electron chi connectivity index (χ3n) is 6.32. The molecule has 0 aliphatic carbocycles. The number of nitrogens with two attached hydrogens (primary N) is 1. The van der Waals surface area contributed by atoms with Crippen molar-refractivity contribution in [2.45, 2.75) is 37.1 Å². The molecule has 1 amide bonds. The van der Waals surface area contributed by atoms with Crippen molar-refractivity contribution >= 4 is 33.2 Å². The summed E-state index contributed by atoms with van der Waals surface area (Å²) in [6.07, 6.45) is 0. The van der Waals surface area contributed by atoms with Crippen molar-refractivity contribution in [3.63, 3.8) is 0 Å². The molecule has 4 rings (SSSR count). The summed E-state index contributed by atoms with van der Waals surface area (Å²) in [5.74, 6) is -1.74. The molecule has 1 aliphatic heterocycles. The van der Waals surface area contributed by atoms with Crippen LogP contribution in [-0.4, -0.2) is 32.3 Å². The molecule has 1 saturated heterocycles. The molecule has 0 radical (unpaired) electrons. The molecule has 192 valence electrons. The number of carbonyl (C=O) groups excluding carboxylic acids is 2. The van der Waals surface area contributed by atoms with Gasteiger partial charge in [0.2, 0.25) is 10.0 Å². The third kappa shape index (κ3) is 4.87. The number of hydrogen-bond acceptors (Lipinski definition) is 6. The summed E-state index contributed by atoms with van der Waals surface area (Å²) >= 11 is 0. The molecule has 3 aromatic carbocycles. The van der Waals surface area contributed by atoms with Crippen LogP contribution in [0.4, 0.5) is 5.69 Å². The van der Waals surface area contributed by atoms with Gasteiger partial charge in [0.15, 0.2) is 0 Å². The van der Waals surface area contributed by atoms with Gasteiger partial charge in [0, 0.05) is 5.69 Å². The van der Waals surface area contributed by atoms with Crippen molar-refractivity contribution in [2.24, 2.45) is 5.14 Å². The van der Waals surface area contributed by atoms with Gasteiger partial charge in [0.05, 0.1) is 29.2 Å². The second kappa shape index (κ2) is 9.49. The molecule has 1 aliphatic rings. The number of carbonyl (C=O) groups is 2. The van der Waals surface area contributed by atoms with Crippen LogP contribution in [0.15, 0.2) is 83.3 Å². The van der Waals surface area contributed by atoms with Crippen LogP contribution in [-0.2, 0) is 25.0 Å². The first-order chi connectivity index (χ1) is 17.3. The minimum absolute atomic E-state index is 0.101. The quantitative estimate of drug-likeness (QED) is 0.294. The average Bonchev–Trinajstić information content (AvgIpc) is 3.13. The molecule has 0 saturated carbocycles. The third-order valence-corrected chi connectivity index (χ3v) is 7.25. The Morgan fingerprint density at radius 3 is 2.14 bits per heavy atom. The summed E-state index contributed by atoms with van der Waals surface area (Å²) in [6, 6.07) is 18.6. The van der Waals surface area contributed by atoms with E-state index in [9.17, 15) is 23.1 Å². The van der Waals surface area contributed by atoms with E-state index in [0.29, 0.717) is 16.9 Å². The Morgan fingerprint density at radius 1 is 0.973 bits per heavy atom. The standard InChI is InChI=1S/C28H28N2O6S/c1-28(2,3)18-10-15-22(36-4)21(16-18)25(31)23-24(17-8-6-5-7-9-17)30(27(33)26(23)32)19-11-13-20(14-12-19)37(29,34)35/h5-16,24,31H,1-4H3,(H2,29,34,35)/b25-23+. The molecule has 0 spiro atoms. The first-order valence-electron chi connectivity index (χ1n) is 11.5. The topological polar surface area (TPSA) is 127 Å². The van der Waals surface area contributed by atoms with Gasteiger partial charge in [-0.05, 0) is 52.9 Å². The van der Waals surface area contributed by atoms with Crippen LogP contribution in [0.5, 0.6) is 5.75 Å². The molecule has 37 heavy (non-hydrogen) atoms. The molecule has 9 heteroatoms. The zero-order valence-electron chi connectivity index (χ0n) is 20.9. The van der Waals surface area contributed by atoms with Crippen molar-refractivity contribution in [3.05, 3.63) is 95.1 Å². The van der Waals surface area contributed by atoms with E-state index >= 15 is 0 Å². The highest BCUT2D eigenvalue weighted by molar-refractivity contribution is 7.89. The highest BCUT2D eigenvalue weighted by Gasteiger charge is 2.47. The van der Waals surface area contributed by atoms with E-state index in [2.05, 4.69) is 0 Å². The van der Waals surface area contributed by atoms with Crippen molar-refractivity contribution in [3.8, 4) is 5.75 Å². The number of aliphatic hydroxyl groups is 1. The summed E-state index contributed by atoms with van der Waals surface area (Å²) in [4.78, 5) is 27.9. The number of anilines is 1. The molecular formula is C28H28N2O6S. The van der Waals surface area contributed by atoms with Crippen LogP contribution >= 0.6 is 0 Å². The van der Waals surface area contributed by atoms with E-state index in [-0.39, 0.29) is 27.3 Å². The number of sulfonamides is 1. The molecule has 1 atom stereocenters. The highest BCUT2D eigenvalue weighted by atomic mass is 32.2. The summed E-state index contributed by atoms with van der Waals surface area (Å²) in [5, 5.41) is 16.8. The number of Topliss-reactive ketones (excluding diaryl/α,β-unsaturated/α-hetero) is 1. The van der Waals surface area contributed by atoms with Gasteiger partial charge in [0.25, 0.3) is 11.7 Å². The largest absolute Gasteiger partial charge is 0.507 e. The van der Waals surface area contributed by atoms with Crippen molar-refractivity contribution in [1.82, 2.24) is 0 Å². The van der Waals surface area contributed by atoms with Crippen molar-refractivity contribution in [2.75, 3.05) is 12.0 Å². The summed E-state index contributed by atoms with van der Waals surface area (Å²) in [7, 11) is -2.49. The molecule has 0 bridgehead atoms. The van der Waals surface area contributed by atoms with E-state index in [1.165, 1.54) is 36.3 Å². The number of primary sulfonamides is 1. The number of benzene rings is 3. The van der Waals surface area contributed by atoms with Crippen LogP contribution in [0.2, 0.25) is 0 Å². The zero-order chi connectivity index (χ0) is 27.1. The summed E-state index contributed by atoms with van der Waals surface area (Å²) < 4.78 is 28.9. The van der Waals surface area contributed by atoms with Gasteiger partial charge in [-0.1, -0.05) is 57.2 Å². The number of rotatable bonds is 5. The lowest BCUT2D eigenvalue weighted by Gasteiger charge is -2.26. The van der Waals surface area contributed by atoms with E-state index in [0.717, 1.165) is 5.56 Å². The number of ketones is 1. The van der Waals surface area contributed by atoms with Crippen LogP contribution in [0.25, 0.3) is 5.76 Å². The molecule has 1 fully saturated rings. The fraction of sp³-hybridized carbons (Fsp3) is 0.214. The van der Waals surface area contributed by atoms with Crippen molar-refractivity contribution in [1.29, 1.82) is 0 Å². The molecule has 0 aromatic heterocycles. The van der Waals surface area contributed by atoms with Gasteiger partial charge in [0.1, 0.15) is 11.5 Å². The zero-order valence-corrected chi connectivity index (χ0v) is 21.7. The smallest absolute Gasteiger partial charge is 0.300 e. The van der Waals surface area contributed by atoms with Crippen LogP contribution in [0.3, 0.4) is 0 Å². The maximum atomic E-state index is 13.4. The van der Waals surface area contributed by atoms with Crippen LogP contribution in [0.1, 0.15) is 43.5 Å². The lowest BCUT2D eigenvalue weighted by Crippen LogP contribution is -2.29. The number of ether oxygens (including phenoxy) is 1. The molecule has 3 aromatic rings. The monoisotopic (exact) mass is 520 g/mol. The Hall–Kier alpha value is -3.95.